The van der Waals surface area contributed by atoms with Crippen LogP contribution in [0.5, 0.6) is 0 Å². The van der Waals surface area contributed by atoms with E-state index >= 15 is 0 Å². The third-order valence-electron chi connectivity index (χ3n) is 4.51. The molecule has 0 saturated carbocycles. The molecule has 3 rings (SSSR count). The van der Waals surface area contributed by atoms with Gasteiger partial charge in [0.1, 0.15) is 6.10 Å². The average molecular weight is 309 g/mol. The summed E-state index contributed by atoms with van der Waals surface area (Å²) in [6.45, 7) is 9.25. The first kappa shape index (κ1) is 15.9. The molecule has 0 aliphatic carbocycles. The number of rotatable bonds is 2. The van der Waals surface area contributed by atoms with Gasteiger partial charge in [0, 0.05) is 0 Å². The number of aromatic nitrogens is 1. The van der Waals surface area contributed by atoms with Crippen LogP contribution in [0, 0.1) is 5.95 Å². The molecule has 2 fully saturated rings. The molecule has 0 aromatic carbocycles. The Morgan fingerprint density at radius 1 is 1.14 bits per heavy atom. The van der Waals surface area contributed by atoms with Gasteiger partial charge in [0.05, 0.1) is 36.7 Å². The van der Waals surface area contributed by atoms with Crippen molar-refractivity contribution in [3.63, 3.8) is 0 Å². The Kier molecular flexibility index (Phi) is 4.01. The maximum Gasteiger partial charge on any atom is 0.495 e. The molecule has 1 atom stereocenters. The van der Waals surface area contributed by atoms with Crippen LogP contribution in [0.1, 0.15) is 39.5 Å². The fourth-order valence-corrected chi connectivity index (χ4v) is 2.48. The quantitative estimate of drug-likeness (QED) is 0.613. The van der Waals surface area contributed by atoms with Crippen molar-refractivity contribution >= 4 is 12.6 Å². The first-order chi connectivity index (χ1) is 10.3. The average Bonchev–Trinajstić information content (AvgIpc) is 2.68. The summed E-state index contributed by atoms with van der Waals surface area (Å²) in [6, 6.07) is 3.11. The molecule has 0 amide bonds. The second kappa shape index (κ2) is 5.56. The number of hydrogen-bond donors (Lipinski definition) is 0. The zero-order valence-electron chi connectivity index (χ0n) is 13.4. The minimum absolute atomic E-state index is 0.356. The van der Waals surface area contributed by atoms with E-state index in [0.29, 0.717) is 31.0 Å². The second-order valence-corrected chi connectivity index (χ2v) is 6.67. The first-order valence-corrected chi connectivity index (χ1v) is 7.51. The summed E-state index contributed by atoms with van der Waals surface area (Å²) < 4.78 is 36.8. The van der Waals surface area contributed by atoms with Gasteiger partial charge in [-0.3, -0.25) is 0 Å². The largest absolute Gasteiger partial charge is 0.495 e. The third-order valence-corrected chi connectivity index (χ3v) is 4.51. The van der Waals surface area contributed by atoms with Gasteiger partial charge in [0.15, 0.2) is 0 Å². The fourth-order valence-electron chi connectivity index (χ4n) is 2.48. The molecule has 2 aliphatic rings. The lowest BCUT2D eigenvalue weighted by Gasteiger charge is -2.32. The standard InChI is InChI=1S/C15H21BFNO4/c1-14(2)15(3,4)22-16(21-14)10-7-11(18-13(17)8-10)12-9-19-5-6-20-12/h7-8,12H,5-6,9H2,1-4H3. The highest BCUT2D eigenvalue weighted by Crippen LogP contribution is 2.36. The van der Waals surface area contributed by atoms with Crippen LogP contribution in [-0.4, -0.2) is 43.1 Å². The van der Waals surface area contributed by atoms with E-state index in [1.54, 1.807) is 6.07 Å². The number of nitrogens with zero attached hydrogens (tertiary/aromatic N) is 1. The Morgan fingerprint density at radius 2 is 1.82 bits per heavy atom. The Balaban J connectivity index is 1.87. The monoisotopic (exact) mass is 309 g/mol. The lowest BCUT2D eigenvalue weighted by Crippen LogP contribution is -2.41. The van der Waals surface area contributed by atoms with Crippen LogP contribution in [0.3, 0.4) is 0 Å². The second-order valence-electron chi connectivity index (χ2n) is 6.67. The predicted octanol–water partition coefficient (Wildman–Crippen LogP) is 1.61. The molecule has 0 bridgehead atoms. The van der Waals surface area contributed by atoms with Crippen LogP contribution >= 0.6 is 0 Å². The number of ether oxygens (including phenoxy) is 2. The summed E-state index contributed by atoms with van der Waals surface area (Å²) in [5.41, 5.74) is 0.170. The van der Waals surface area contributed by atoms with Gasteiger partial charge in [-0.1, -0.05) is 0 Å². The maximum atomic E-state index is 13.9. The Morgan fingerprint density at radius 3 is 2.41 bits per heavy atom. The van der Waals surface area contributed by atoms with E-state index < -0.39 is 24.3 Å². The van der Waals surface area contributed by atoms with Gasteiger partial charge in [-0.05, 0) is 45.3 Å². The molecule has 1 aromatic rings. The lowest BCUT2D eigenvalue weighted by molar-refractivity contribution is -0.0919. The molecule has 2 saturated heterocycles. The zero-order chi connectivity index (χ0) is 16.0. The van der Waals surface area contributed by atoms with Gasteiger partial charge in [-0.15, -0.1) is 0 Å². The summed E-state index contributed by atoms with van der Waals surface area (Å²) in [7, 11) is -0.620. The van der Waals surface area contributed by atoms with Crippen LogP contribution in [0.4, 0.5) is 4.39 Å². The summed E-state index contributed by atoms with van der Waals surface area (Å²) >= 11 is 0. The molecule has 0 N–H and O–H groups in total. The SMILES string of the molecule is CC1(C)OB(c2cc(F)nc(C3COCCO3)c2)OC1(C)C. The van der Waals surface area contributed by atoms with Crippen molar-refractivity contribution in [3.05, 3.63) is 23.8 Å². The molecule has 22 heavy (non-hydrogen) atoms. The maximum absolute atomic E-state index is 13.9. The highest BCUT2D eigenvalue weighted by atomic mass is 19.1. The Labute approximate surface area is 130 Å². The molecular formula is C15H21BFNO4. The fraction of sp³-hybridized carbons (Fsp3) is 0.667. The van der Waals surface area contributed by atoms with Crippen LogP contribution in [0.15, 0.2) is 12.1 Å². The van der Waals surface area contributed by atoms with Gasteiger partial charge < -0.3 is 18.8 Å². The van der Waals surface area contributed by atoms with Crippen LogP contribution in [-0.2, 0) is 18.8 Å². The number of halogens is 1. The van der Waals surface area contributed by atoms with Crippen molar-refractivity contribution < 1.29 is 23.2 Å². The highest BCUT2D eigenvalue weighted by Gasteiger charge is 2.52. The van der Waals surface area contributed by atoms with E-state index in [1.165, 1.54) is 6.07 Å². The Hall–Kier alpha value is -1.02. The normalized spacial score (nSPS) is 27.1. The molecule has 2 aliphatic heterocycles. The van der Waals surface area contributed by atoms with Crippen molar-refractivity contribution in [1.82, 2.24) is 4.98 Å². The molecule has 0 radical (unpaired) electrons. The van der Waals surface area contributed by atoms with Crippen LogP contribution < -0.4 is 5.46 Å². The lowest BCUT2D eigenvalue weighted by atomic mass is 9.79. The minimum atomic E-state index is -0.620. The predicted molar refractivity (Wildman–Crippen MR) is 79.4 cm³/mol. The molecule has 1 aromatic heterocycles. The van der Waals surface area contributed by atoms with E-state index in [4.69, 9.17) is 18.8 Å². The van der Waals surface area contributed by atoms with Crippen LogP contribution in [0.2, 0.25) is 0 Å². The summed E-state index contributed by atoms with van der Waals surface area (Å²) in [6.07, 6.45) is -0.356. The van der Waals surface area contributed by atoms with Gasteiger partial charge in [-0.25, -0.2) is 4.98 Å². The van der Waals surface area contributed by atoms with E-state index in [9.17, 15) is 4.39 Å². The topological polar surface area (TPSA) is 49.8 Å². The Bertz CT molecular complexity index is 544. The van der Waals surface area contributed by atoms with Crippen molar-refractivity contribution in [1.29, 1.82) is 0 Å². The van der Waals surface area contributed by atoms with E-state index in [1.807, 2.05) is 27.7 Å². The van der Waals surface area contributed by atoms with Crippen molar-refractivity contribution in [3.8, 4) is 0 Å². The number of pyridine rings is 1. The summed E-state index contributed by atoms with van der Waals surface area (Å²) in [5.74, 6) is -0.573. The van der Waals surface area contributed by atoms with Gasteiger partial charge in [-0.2, -0.15) is 4.39 Å². The van der Waals surface area contributed by atoms with Crippen molar-refractivity contribution in [2.45, 2.75) is 45.0 Å². The summed E-state index contributed by atoms with van der Waals surface area (Å²) in [4.78, 5) is 3.92. The van der Waals surface area contributed by atoms with E-state index in [-0.39, 0.29) is 6.10 Å². The molecule has 1 unspecified atom stereocenters. The number of hydrogen-bond acceptors (Lipinski definition) is 5. The molecule has 3 heterocycles. The molecule has 5 nitrogen and oxygen atoms in total. The zero-order valence-corrected chi connectivity index (χ0v) is 13.4. The minimum Gasteiger partial charge on any atom is -0.399 e. The summed E-state index contributed by atoms with van der Waals surface area (Å²) in [5, 5.41) is 0. The van der Waals surface area contributed by atoms with E-state index in [0.717, 1.165) is 0 Å². The van der Waals surface area contributed by atoms with Crippen molar-refractivity contribution in [2.75, 3.05) is 19.8 Å². The third kappa shape index (κ3) is 2.90. The molecule has 7 heteroatoms. The smallest absolute Gasteiger partial charge is 0.399 e. The van der Waals surface area contributed by atoms with E-state index in [2.05, 4.69) is 4.98 Å². The molecule has 120 valence electrons. The first-order valence-electron chi connectivity index (χ1n) is 7.51. The highest BCUT2D eigenvalue weighted by molar-refractivity contribution is 6.62. The van der Waals surface area contributed by atoms with Crippen molar-refractivity contribution in [2.24, 2.45) is 0 Å². The van der Waals surface area contributed by atoms with Gasteiger partial charge in [0.25, 0.3) is 0 Å². The van der Waals surface area contributed by atoms with Crippen LogP contribution in [0.25, 0.3) is 0 Å². The molecular weight excluding hydrogens is 288 g/mol. The van der Waals surface area contributed by atoms with Gasteiger partial charge >= 0.3 is 7.12 Å². The molecule has 0 spiro atoms. The van der Waals surface area contributed by atoms with Gasteiger partial charge in [0.2, 0.25) is 5.95 Å².